The standard InChI is InChI=1S/C19H24Cl2N2O5/c1-4-6-7-28-18(26)19(22,5-2)17(25)23-14-10-13(21)12(20)8-11(14)9-15(23)16(24)27-3/h8,10,15H,4-7,9,22H2,1-3H3/t15-,19-/m0/s1. The second-order valence-electron chi connectivity index (χ2n) is 6.63. The van der Waals surface area contributed by atoms with Gasteiger partial charge in [-0.25, -0.2) is 9.59 Å². The van der Waals surface area contributed by atoms with E-state index in [2.05, 4.69) is 0 Å². The highest BCUT2D eigenvalue weighted by Crippen LogP contribution is 2.39. The molecule has 154 valence electrons. The number of hydrogen-bond acceptors (Lipinski definition) is 6. The molecule has 0 saturated heterocycles. The van der Waals surface area contributed by atoms with E-state index in [1.54, 1.807) is 13.0 Å². The van der Waals surface area contributed by atoms with Crippen LogP contribution in [0.3, 0.4) is 0 Å². The summed E-state index contributed by atoms with van der Waals surface area (Å²) in [5.74, 6) is -2.20. The minimum Gasteiger partial charge on any atom is -0.467 e. The van der Waals surface area contributed by atoms with E-state index in [1.807, 2.05) is 6.92 Å². The number of halogens is 2. The van der Waals surface area contributed by atoms with Gasteiger partial charge in [-0.2, -0.15) is 0 Å². The van der Waals surface area contributed by atoms with Crippen molar-refractivity contribution in [1.29, 1.82) is 0 Å². The number of carbonyl (C=O) groups excluding carboxylic acids is 3. The lowest BCUT2D eigenvalue weighted by molar-refractivity contribution is -0.155. The summed E-state index contributed by atoms with van der Waals surface area (Å²) in [6, 6.07) is 2.10. The van der Waals surface area contributed by atoms with Crippen LogP contribution >= 0.6 is 23.2 Å². The highest BCUT2D eigenvalue weighted by Gasteiger charge is 2.50. The maximum absolute atomic E-state index is 13.4. The van der Waals surface area contributed by atoms with Crippen LogP contribution in [0.1, 0.15) is 38.7 Å². The average Bonchev–Trinajstić information content (AvgIpc) is 3.04. The second-order valence-corrected chi connectivity index (χ2v) is 7.44. The summed E-state index contributed by atoms with van der Waals surface area (Å²) in [6.07, 6.45) is 1.66. The first kappa shape index (κ1) is 22.5. The Balaban J connectivity index is 2.45. The number of anilines is 1. The predicted molar refractivity (Wildman–Crippen MR) is 107 cm³/mol. The number of nitrogens with two attached hydrogens (primary N) is 1. The third-order valence-electron chi connectivity index (χ3n) is 4.83. The summed E-state index contributed by atoms with van der Waals surface area (Å²) in [5.41, 5.74) is 5.27. The van der Waals surface area contributed by atoms with E-state index in [0.29, 0.717) is 22.7 Å². The summed E-state index contributed by atoms with van der Waals surface area (Å²) in [4.78, 5) is 39.5. The quantitative estimate of drug-likeness (QED) is 0.405. The van der Waals surface area contributed by atoms with Crippen molar-refractivity contribution in [2.24, 2.45) is 5.73 Å². The van der Waals surface area contributed by atoms with E-state index in [1.165, 1.54) is 18.1 Å². The second kappa shape index (κ2) is 9.11. The van der Waals surface area contributed by atoms with Crippen LogP contribution in [0, 0.1) is 0 Å². The molecule has 0 aromatic heterocycles. The Bertz CT molecular complexity index is 786. The summed E-state index contributed by atoms with van der Waals surface area (Å²) in [6.45, 7) is 3.73. The van der Waals surface area contributed by atoms with Crippen LogP contribution in [-0.2, 0) is 30.3 Å². The number of amides is 1. The first-order valence-corrected chi connectivity index (χ1v) is 9.82. The Labute approximate surface area is 174 Å². The third-order valence-corrected chi connectivity index (χ3v) is 5.55. The summed E-state index contributed by atoms with van der Waals surface area (Å²) >= 11 is 12.2. The van der Waals surface area contributed by atoms with Gasteiger partial charge >= 0.3 is 11.9 Å². The molecular formula is C19H24Cl2N2O5. The van der Waals surface area contributed by atoms with Gasteiger partial charge in [-0.15, -0.1) is 0 Å². The highest BCUT2D eigenvalue weighted by atomic mass is 35.5. The zero-order chi connectivity index (χ0) is 21.1. The molecule has 1 heterocycles. The number of unbranched alkanes of at least 4 members (excludes halogenated alkanes) is 1. The maximum atomic E-state index is 13.4. The monoisotopic (exact) mass is 430 g/mol. The van der Waals surface area contributed by atoms with Gasteiger partial charge in [-0.05, 0) is 30.5 Å². The van der Waals surface area contributed by atoms with E-state index in [9.17, 15) is 14.4 Å². The summed E-state index contributed by atoms with van der Waals surface area (Å²) in [5, 5.41) is 0.514. The number of rotatable bonds is 7. The topological polar surface area (TPSA) is 98.9 Å². The molecule has 2 N–H and O–H groups in total. The molecule has 9 heteroatoms. The van der Waals surface area contributed by atoms with E-state index in [-0.39, 0.29) is 24.5 Å². The van der Waals surface area contributed by atoms with Crippen LogP contribution in [0.15, 0.2) is 12.1 Å². The first-order valence-electron chi connectivity index (χ1n) is 9.06. The number of benzene rings is 1. The van der Waals surface area contributed by atoms with Gasteiger partial charge in [0.2, 0.25) is 0 Å². The van der Waals surface area contributed by atoms with Gasteiger partial charge in [-0.3, -0.25) is 9.69 Å². The van der Waals surface area contributed by atoms with Crippen molar-refractivity contribution in [3.05, 3.63) is 27.7 Å². The number of ether oxygens (including phenoxy) is 2. The van der Waals surface area contributed by atoms with Crippen molar-refractivity contribution in [2.45, 2.75) is 51.1 Å². The summed E-state index contributed by atoms with van der Waals surface area (Å²) in [7, 11) is 1.22. The lowest BCUT2D eigenvalue weighted by atomic mass is 9.95. The molecule has 2 atom stereocenters. The molecule has 0 bridgehead atoms. The van der Waals surface area contributed by atoms with Crippen molar-refractivity contribution in [2.75, 3.05) is 18.6 Å². The van der Waals surface area contributed by atoms with Gasteiger partial charge in [0.15, 0.2) is 5.54 Å². The van der Waals surface area contributed by atoms with Crippen molar-refractivity contribution >= 4 is 46.7 Å². The van der Waals surface area contributed by atoms with Crippen molar-refractivity contribution in [3.63, 3.8) is 0 Å². The molecule has 0 aliphatic carbocycles. The number of methoxy groups -OCH3 is 1. The number of nitrogens with zero attached hydrogens (tertiary/aromatic N) is 1. The van der Waals surface area contributed by atoms with Gasteiger partial charge in [0, 0.05) is 12.1 Å². The molecule has 1 aromatic carbocycles. The molecule has 28 heavy (non-hydrogen) atoms. The zero-order valence-corrected chi connectivity index (χ0v) is 17.6. The smallest absolute Gasteiger partial charge is 0.335 e. The van der Waals surface area contributed by atoms with Crippen LogP contribution in [0.4, 0.5) is 5.69 Å². The SMILES string of the molecule is CCCCOC(=O)[C@](N)(CC)C(=O)N1c2cc(Cl)c(Cl)cc2C[C@H]1C(=O)OC. The Morgan fingerprint density at radius 2 is 1.89 bits per heavy atom. The molecule has 1 aliphatic rings. The van der Waals surface area contributed by atoms with Gasteiger partial charge in [-0.1, -0.05) is 43.5 Å². The molecule has 0 unspecified atom stereocenters. The van der Waals surface area contributed by atoms with Crippen LogP contribution in [-0.4, -0.2) is 43.1 Å². The number of hydrogen-bond donors (Lipinski definition) is 1. The van der Waals surface area contributed by atoms with Crippen LogP contribution in [0.25, 0.3) is 0 Å². The van der Waals surface area contributed by atoms with Crippen LogP contribution < -0.4 is 10.6 Å². The molecule has 1 aromatic rings. The molecule has 7 nitrogen and oxygen atoms in total. The van der Waals surface area contributed by atoms with E-state index < -0.39 is 29.4 Å². The van der Waals surface area contributed by atoms with E-state index in [4.69, 9.17) is 38.4 Å². The molecule has 2 rings (SSSR count). The Morgan fingerprint density at radius 1 is 1.25 bits per heavy atom. The van der Waals surface area contributed by atoms with Crippen molar-refractivity contribution in [3.8, 4) is 0 Å². The predicted octanol–water partition coefficient (Wildman–Crippen LogP) is 2.87. The van der Waals surface area contributed by atoms with Crippen LogP contribution in [0.5, 0.6) is 0 Å². The largest absolute Gasteiger partial charge is 0.467 e. The van der Waals surface area contributed by atoms with E-state index in [0.717, 1.165) is 6.42 Å². The zero-order valence-electron chi connectivity index (χ0n) is 16.1. The highest BCUT2D eigenvalue weighted by molar-refractivity contribution is 6.42. The molecule has 0 saturated carbocycles. The molecule has 0 fully saturated rings. The lowest BCUT2D eigenvalue weighted by Gasteiger charge is -2.32. The van der Waals surface area contributed by atoms with E-state index >= 15 is 0 Å². The fraction of sp³-hybridized carbons (Fsp3) is 0.526. The molecule has 1 amide bonds. The molecule has 0 radical (unpaired) electrons. The number of carbonyl (C=O) groups is 3. The minimum atomic E-state index is -1.94. The van der Waals surface area contributed by atoms with Crippen LogP contribution in [0.2, 0.25) is 10.0 Å². The first-order chi connectivity index (χ1) is 13.2. The molecule has 0 spiro atoms. The molecule has 1 aliphatic heterocycles. The maximum Gasteiger partial charge on any atom is 0.335 e. The average molecular weight is 431 g/mol. The lowest BCUT2D eigenvalue weighted by Crippen LogP contribution is -2.63. The Kier molecular flexibility index (Phi) is 7.31. The fourth-order valence-corrected chi connectivity index (χ4v) is 3.39. The normalized spacial score (nSPS) is 17.6. The van der Waals surface area contributed by atoms with Crippen molar-refractivity contribution < 1.29 is 23.9 Å². The van der Waals surface area contributed by atoms with Crippen molar-refractivity contribution in [1.82, 2.24) is 0 Å². The van der Waals surface area contributed by atoms with Gasteiger partial charge in [0.1, 0.15) is 6.04 Å². The molecular weight excluding hydrogens is 407 g/mol. The number of fused-ring (bicyclic) bond motifs is 1. The van der Waals surface area contributed by atoms with Gasteiger partial charge in [0.05, 0.1) is 23.8 Å². The van der Waals surface area contributed by atoms with Gasteiger partial charge < -0.3 is 15.2 Å². The minimum absolute atomic E-state index is 0.00214. The Hall–Kier alpha value is -1.83. The fourth-order valence-electron chi connectivity index (χ4n) is 3.04. The Morgan fingerprint density at radius 3 is 2.46 bits per heavy atom. The third kappa shape index (κ3) is 4.11. The summed E-state index contributed by atoms with van der Waals surface area (Å²) < 4.78 is 10.0. The number of esters is 2. The van der Waals surface area contributed by atoms with Gasteiger partial charge in [0.25, 0.3) is 5.91 Å².